The van der Waals surface area contributed by atoms with Gasteiger partial charge >= 0.3 is 0 Å². The molecule has 1 aliphatic heterocycles. The third-order valence-electron chi connectivity index (χ3n) is 5.38. The van der Waals surface area contributed by atoms with Crippen molar-refractivity contribution in [1.29, 1.82) is 0 Å². The highest BCUT2D eigenvalue weighted by molar-refractivity contribution is 5.92. The van der Waals surface area contributed by atoms with Crippen molar-refractivity contribution in [1.82, 2.24) is 4.90 Å². The molecule has 5 heteroatoms. The van der Waals surface area contributed by atoms with Crippen molar-refractivity contribution in [2.75, 3.05) is 38.0 Å². The monoisotopic (exact) mass is 380 g/mol. The van der Waals surface area contributed by atoms with Crippen LogP contribution in [0.2, 0.25) is 0 Å². The zero-order valence-corrected chi connectivity index (χ0v) is 16.6. The van der Waals surface area contributed by atoms with Gasteiger partial charge in [0.15, 0.2) is 6.54 Å². The molecular weight excluding hydrogens is 350 g/mol. The van der Waals surface area contributed by atoms with Crippen LogP contribution in [0.5, 0.6) is 0 Å². The number of benzene rings is 2. The highest BCUT2D eigenvalue weighted by Crippen LogP contribution is 2.14. The van der Waals surface area contributed by atoms with Crippen LogP contribution < -0.4 is 10.2 Å². The molecule has 2 aromatic carbocycles. The molecule has 0 radical (unpaired) electrons. The second kappa shape index (κ2) is 10.0. The molecule has 0 spiro atoms. The number of carbonyl (C=O) groups excluding carboxylic acids is 2. The predicted molar refractivity (Wildman–Crippen MR) is 111 cm³/mol. The van der Waals surface area contributed by atoms with Crippen LogP contribution >= 0.6 is 0 Å². The second-order valence-electron chi connectivity index (χ2n) is 7.35. The maximum atomic E-state index is 12.4. The molecular formula is C23H30N3O2+. The molecule has 0 bridgehead atoms. The van der Waals surface area contributed by atoms with Crippen LogP contribution in [-0.4, -0.2) is 49.4 Å². The van der Waals surface area contributed by atoms with Gasteiger partial charge in [0.25, 0.3) is 5.91 Å². The number of quaternary nitrogens is 1. The largest absolute Gasteiger partial charge is 0.331 e. The number of rotatable bonds is 7. The number of amides is 2. The van der Waals surface area contributed by atoms with Crippen molar-refractivity contribution in [2.24, 2.45) is 0 Å². The topological polar surface area (TPSA) is 53.9 Å². The first-order valence-electron chi connectivity index (χ1n) is 10.2. The van der Waals surface area contributed by atoms with Gasteiger partial charge in [-0.15, -0.1) is 0 Å². The predicted octanol–water partition coefficient (Wildman–Crippen LogP) is 1.55. The Morgan fingerprint density at radius 1 is 1.00 bits per heavy atom. The molecule has 5 nitrogen and oxygen atoms in total. The summed E-state index contributed by atoms with van der Waals surface area (Å²) in [6.07, 6.45) is 2.23. The molecule has 0 saturated carbocycles. The maximum absolute atomic E-state index is 12.4. The van der Waals surface area contributed by atoms with Crippen molar-refractivity contribution in [2.45, 2.75) is 26.2 Å². The van der Waals surface area contributed by atoms with E-state index >= 15 is 0 Å². The number of piperazine rings is 1. The minimum absolute atomic E-state index is 0.0414. The molecule has 1 heterocycles. The number of para-hydroxylation sites is 1. The molecule has 1 aliphatic rings. The number of carbonyl (C=O) groups is 2. The van der Waals surface area contributed by atoms with E-state index in [9.17, 15) is 9.59 Å². The summed E-state index contributed by atoms with van der Waals surface area (Å²) >= 11 is 0. The first-order valence-corrected chi connectivity index (χ1v) is 10.2. The molecule has 0 unspecified atom stereocenters. The van der Waals surface area contributed by atoms with E-state index in [0.717, 1.165) is 50.3 Å². The van der Waals surface area contributed by atoms with E-state index in [0.29, 0.717) is 13.0 Å². The summed E-state index contributed by atoms with van der Waals surface area (Å²) in [4.78, 5) is 28.0. The molecule has 2 N–H and O–H groups in total. The van der Waals surface area contributed by atoms with Gasteiger partial charge in [-0.25, -0.2) is 0 Å². The Morgan fingerprint density at radius 3 is 2.39 bits per heavy atom. The maximum Gasteiger partial charge on any atom is 0.279 e. The average molecular weight is 381 g/mol. The Kier molecular flexibility index (Phi) is 7.20. The normalized spacial score (nSPS) is 14.7. The van der Waals surface area contributed by atoms with Gasteiger partial charge in [-0.05, 0) is 30.0 Å². The summed E-state index contributed by atoms with van der Waals surface area (Å²) in [6.45, 7) is 5.62. The lowest BCUT2D eigenvalue weighted by molar-refractivity contribution is -0.895. The van der Waals surface area contributed by atoms with Gasteiger partial charge in [0, 0.05) is 12.1 Å². The average Bonchev–Trinajstić information content (AvgIpc) is 2.73. The zero-order chi connectivity index (χ0) is 19.8. The van der Waals surface area contributed by atoms with E-state index in [2.05, 4.69) is 24.4 Å². The van der Waals surface area contributed by atoms with Gasteiger partial charge < -0.3 is 15.1 Å². The third-order valence-corrected chi connectivity index (χ3v) is 5.38. The summed E-state index contributed by atoms with van der Waals surface area (Å²) in [7, 11) is 0. The van der Waals surface area contributed by atoms with Crippen LogP contribution in [0.25, 0.3) is 0 Å². The summed E-state index contributed by atoms with van der Waals surface area (Å²) in [5.41, 5.74) is 3.26. The molecule has 2 amide bonds. The lowest BCUT2D eigenvalue weighted by Gasteiger charge is -2.32. The van der Waals surface area contributed by atoms with Gasteiger partial charge in [-0.3, -0.25) is 9.59 Å². The van der Waals surface area contributed by atoms with Crippen molar-refractivity contribution in [3.05, 3.63) is 65.7 Å². The number of aryl methyl sites for hydroxylation is 2. The van der Waals surface area contributed by atoms with E-state index < -0.39 is 0 Å². The Labute approximate surface area is 167 Å². The van der Waals surface area contributed by atoms with E-state index in [1.807, 2.05) is 47.4 Å². The van der Waals surface area contributed by atoms with Crippen molar-refractivity contribution >= 4 is 17.5 Å². The third kappa shape index (κ3) is 5.67. The Bertz CT molecular complexity index is 783. The first-order chi connectivity index (χ1) is 13.7. The van der Waals surface area contributed by atoms with Crippen LogP contribution in [0.4, 0.5) is 5.69 Å². The van der Waals surface area contributed by atoms with Crippen LogP contribution in [0.3, 0.4) is 0 Å². The molecule has 0 atom stereocenters. The standard InChI is InChI=1S/C23H29N3O2/c1-2-20-10-6-7-11-21(20)24-22(27)18-25-14-16-26(17-15-25)23(28)13-12-19-8-4-3-5-9-19/h3-11H,2,12-18H2,1H3,(H,24,27)/p+1. The summed E-state index contributed by atoms with van der Waals surface area (Å²) in [5.74, 6) is 0.254. The number of hydrogen-bond acceptors (Lipinski definition) is 2. The van der Waals surface area contributed by atoms with Gasteiger partial charge in [0.1, 0.15) is 0 Å². The molecule has 0 aliphatic carbocycles. The van der Waals surface area contributed by atoms with E-state index in [-0.39, 0.29) is 11.8 Å². The minimum atomic E-state index is 0.0414. The van der Waals surface area contributed by atoms with Gasteiger partial charge in [-0.1, -0.05) is 55.5 Å². The number of anilines is 1. The van der Waals surface area contributed by atoms with E-state index in [1.54, 1.807) is 0 Å². The summed E-state index contributed by atoms with van der Waals surface area (Å²) < 4.78 is 0. The fourth-order valence-electron chi connectivity index (χ4n) is 3.68. The Hall–Kier alpha value is -2.66. The number of nitrogens with zero attached hydrogens (tertiary/aromatic N) is 1. The second-order valence-corrected chi connectivity index (χ2v) is 7.35. The first kappa shape index (κ1) is 20.1. The van der Waals surface area contributed by atoms with E-state index in [4.69, 9.17) is 0 Å². The fourth-order valence-corrected chi connectivity index (χ4v) is 3.68. The molecule has 28 heavy (non-hydrogen) atoms. The minimum Gasteiger partial charge on any atom is -0.331 e. The van der Waals surface area contributed by atoms with Crippen LogP contribution in [-0.2, 0) is 22.4 Å². The van der Waals surface area contributed by atoms with Crippen molar-refractivity contribution in [3.63, 3.8) is 0 Å². The van der Waals surface area contributed by atoms with Crippen molar-refractivity contribution < 1.29 is 14.5 Å². The number of hydrogen-bond donors (Lipinski definition) is 2. The van der Waals surface area contributed by atoms with E-state index in [1.165, 1.54) is 10.5 Å². The molecule has 0 aromatic heterocycles. The van der Waals surface area contributed by atoms with Crippen LogP contribution in [0.1, 0.15) is 24.5 Å². The molecule has 3 rings (SSSR count). The van der Waals surface area contributed by atoms with Crippen LogP contribution in [0, 0.1) is 0 Å². The summed E-state index contributed by atoms with van der Waals surface area (Å²) in [5, 5.41) is 3.04. The molecule has 2 aromatic rings. The molecule has 1 fully saturated rings. The van der Waals surface area contributed by atoms with Gasteiger partial charge in [-0.2, -0.15) is 0 Å². The van der Waals surface area contributed by atoms with Gasteiger partial charge in [0.2, 0.25) is 5.91 Å². The highest BCUT2D eigenvalue weighted by atomic mass is 16.2. The quantitative estimate of drug-likeness (QED) is 0.766. The Morgan fingerprint density at radius 2 is 1.68 bits per heavy atom. The zero-order valence-electron chi connectivity index (χ0n) is 16.6. The number of nitrogens with one attached hydrogen (secondary N) is 2. The SMILES string of the molecule is CCc1ccccc1NC(=O)C[NH+]1CCN(C(=O)CCc2ccccc2)CC1. The summed E-state index contributed by atoms with van der Waals surface area (Å²) in [6, 6.07) is 18.1. The Balaban J connectivity index is 1.41. The van der Waals surface area contributed by atoms with Gasteiger partial charge in [0.05, 0.1) is 26.2 Å². The van der Waals surface area contributed by atoms with Crippen LogP contribution in [0.15, 0.2) is 54.6 Å². The van der Waals surface area contributed by atoms with Crippen molar-refractivity contribution in [3.8, 4) is 0 Å². The highest BCUT2D eigenvalue weighted by Gasteiger charge is 2.25. The molecule has 148 valence electrons. The fraction of sp³-hybridized carbons (Fsp3) is 0.391. The lowest BCUT2D eigenvalue weighted by Crippen LogP contribution is -3.15. The lowest BCUT2D eigenvalue weighted by atomic mass is 10.1. The smallest absolute Gasteiger partial charge is 0.279 e. The molecule has 1 saturated heterocycles.